The van der Waals surface area contributed by atoms with Gasteiger partial charge in [-0.2, -0.15) is 0 Å². The Labute approximate surface area is 195 Å². The quantitative estimate of drug-likeness (QED) is 0.232. The first-order valence-electron chi connectivity index (χ1n) is 12.2. The number of hydrogen-bond acceptors (Lipinski definition) is 6. The SMILES string of the molecule is C=C(NCC(=O)N1CCNCC1)NC(=NCC1CCCCC1)/C(=C\C)NOC.CCCC. The Morgan fingerprint density at radius 2 is 1.84 bits per heavy atom. The zero-order chi connectivity index (χ0) is 23.6. The molecule has 184 valence electrons. The molecular formula is C24H46N6O2. The zero-order valence-corrected chi connectivity index (χ0v) is 20.8. The molecule has 1 heterocycles. The summed E-state index contributed by atoms with van der Waals surface area (Å²) in [5, 5.41) is 9.52. The molecule has 1 saturated carbocycles. The minimum atomic E-state index is 0.0754. The van der Waals surface area contributed by atoms with E-state index in [9.17, 15) is 4.79 Å². The van der Waals surface area contributed by atoms with E-state index in [1.807, 2.05) is 17.9 Å². The van der Waals surface area contributed by atoms with Crippen LogP contribution < -0.4 is 21.4 Å². The Bertz CT molecular complexity index is 591. The second-order valence-electron chi connectivity index (χ2n) is 8.29. The summed E-state index contributed by atoms with van der Waals surface area (Å²) in [4.78, 5) is 24.0. The Balaban J connectivity index is 0.00000118. The average molecular weight is 451 g/mol. The van der Waals surface area contributed by atoms with E-state index in [-0.39, 0.29) is 12.5 Å². The lowest BCUT2D eigenvalue weighted by molar-refractivity contribution is -0.130. The van der Waals surface area contributed by atoms with Crippen LogP contribution in [0.2, 0.25) is 0 Å². The minimum absolute atomic E-state index is 0.0754. The molecule has 0 aromatic rings. The lowest BCUT2D eigenvalue weighted by atomic mass is 9.89. The van der Waals surface area contributed by atoms with Crippen molar-refractivity contribution in [3.8, 4) is 0 Å². The third kappa shape index (κ3) is 11.5. The van der Waals surface area contributed by atoms with E-state index >= 15 is 0 Å². The van der Waals surface area contributed by atoms with Gasteiger partial charge < -0.3 is 20.9 Å². The highest BCUT2D eigenvalue weighted by molar-refractivity contribution is 5.98. The van der Waals surface area contributed by atoms with Crippen LogP contribution in [0.1, 0.15) is 65.7 Å². The predicted octanol–water partition coefficient (Wildman–Crippen LogP) is 2.91. The Kier molecular flexibility index (Phi) is 15.3. The van der Waals surface area contributed by atoms with Crippen molar-refractivity contribution in [3.63, 3.8) is 0 Å². The number of amides is 1. The van der Waals surface area contributed by atoms with Gasteiger partial charge in [0.2, 0.25) is 5.91 Å². The molecular weight excluding hydrogens is 404 g/mol. The van der Waals surface area contributed by atoms with Crippen molar-refractivity contribution in [3.05, 3.63) is 24.2 Å². The van der Waals surface area contributed by atoms with Crippen LogP contribution in [-0.2, 0) is 9.63 Å². The molecule has 0 atom stereocenters. The van der Waals surface area contributed by atoms with Crippen LogP contribution in [0.3, 0.4) is 0 Å². The van der Waals surface area contributed by atoms with Gasteiger partial charge in [-0.25, -0.2) is 0 Å². The Hall–Kier alpha value is -2.06. The van der Waals surface area contributed by atoms with Gasteiger partial charge in [0, 0.05) is 32.7 Å². The number of aliphatic imine (C=N–C) groups is 1. The Morgan fingerprint density at radius 1 is 1.19 bits per heavy atom. The molecule has 2 fully saturated rings. The summed E-state index contributed by atoms with van der Waals surface area (Å²) in [5.41, 5.74) is 3.60. The fourth-order valence-corrected chi connectivity index (χ4v) is 3.53. The highest BCUT2D eigenvalue weighted by atomic mass is 16.6. The molecule has 0 aromatic carbocycles. The van der Waals surface area contributed by atoms with Crippen molar-refractivity contribution >= 4 is 11.7 Å². The predicted molar refractivity (Wildman–Crippen MR) is 133 cm³/mol. The molecule has 0 unspecified atom stereocenters. The van der Waals surface area contributed by atoms with Gasteiger partial charge in [-0.3, -0.25) is 20.1 Å². The van der Waals surface area contributed by atoms with Gasteiger partial charge in [0.15, 0.2) is 5.84 Å². The number of allylic oxidation sites excluding steroid dienone is 1. The fraction of sp³-hybridized carbons (Fsp3) is 0.750. The molecule has 0 spiro atoms. The number of amidine groups is 1. The summed E-state index contributed by atoms with van der Waals surface area (Å²) in [6.07, 6.45) is 10.9. The lowest BCUT2D eigenvalue weighted by Crippen LogP contribution is -2.49. The first-order chi connectivity index (χ1) is 15.5. The van der Waals surface area contributed by atoms with Crippen LogP contribution in [-0.4, -0.2) is 63.0 Å². The van der Waals surface area contributed by atoms with E-state index in [1.54, 1.807) is 7.11 Å². The molecule has 0 radical (unpaired) electrons. The third-order valence-corrected chi connectivity index (χ3v) is 5.68. The first kappa shape index (κ1) is 28.0. The van der Waals surface area contributed by atoms with Gasteiger partial charge in [-0.1, -0.05) is 58.6 Å². The summed E-state index contributed by atoms with van der Waals surface area (Å²) < 4.78 is 0. The maximum atomic E-state index is 12.3. The van der Waals surface area contributed by atoms with Crippen molar-refractivity contribution in [1.29, 1.82) is 0 Å². The fourth-order valence-electron chi connectivity index (χ4n) is 3.53. The van der Waals surface area contributed by atoms with Crippen LogP contribution in [0.25, 0.3) is 0 Å². The van der Waals surface area contributed by atoms with Gasteiger partial charge in [-0.15, -0.1) is 0 Å². The lowest BCUT2D eigenvalue weighted by Gasteiger charge is -2.28. The molecule has 4 N–H and O–H groups in total. The van der Waals surface area contributed by atoms with E-state index in [0.29, 0.717) is 17.6 Å². The van der Waals surface area contributed by atoms with Crippen molar-refractivity contribution in [2.45, 2.75) is 65.7 Å². The normalized spacial score (nSPS) is 17.8. The van der Waals surface area contributed by atoms with E-state index in [0.717, 1.165) is 38.4 Å². The van der Waals surface area contributed by atoms with Gasteiger partial charge in [0.25, 0.3) is 0 Å². The molecule has 1 saturated heterocycles. The minimum Gasteiger partial charge on any atom is -0.363 e. The molecule has 1 amide bonds. The third-order valence-electron chi connectivity index (χ3n) is 5.68. The maximum absolute atomic E-state index is 12.3. The molecule has 0 bridgehead atoms. The van der Waals surface area contributed by atoms with Crippen LogP contribution in [0, 0.1) is 5.92 Å². The molecule has 1 aliphatic carbocycles. The van der Waals surface area contributed by atoms with Crippen molar-refractivity contribution in [1.82, 2.24) is 26.3 Å². The van der Waals surface area contributed by atoms with E-state index < -0.39 is 0 Å². The number of nitrogens with zero attached hydrogens (tertiary/aromatic N) is 2. The number of unbranched alkanes of at least 4 members (excludes halogenated alkanes) is 1. The number of carbonyl (C=O) groups is 1. The molecule has 8 heteroatoms. The monoisotopic (exact) mass is 450 g/mol. The van der Waals surface area contributed by atoms with Gasteiger partial charge >= 0.3 is 0 Å². The number of piperazine rings is 1. The largest absolute Gasteiger partial charge is 0.363 e. The molecule has 1 aliphatic heterocycles. The van der Waals surface area contributed by atoms with Gasteiger partial charge in [-0.05, 0) is 25.7 Å². The molecule has 2 aliphatic rings. The van der Waals surface area contributed by atoms with Crippen LogP contribution >= 0.6 is 0 Å². The van der Waals surface area contributed by atoms with Crippen molar-refractivity contribution in [2.24, 2.45) is 10.9 Å². The van der Waals surface area contributed by atoms with E-state index in [1.165, 1.54) is 44.9 Å². The van der Waals surface area contributed by atoms with E-state index in [4.69, 9.17) is 9.83 Å². The summed E-state index contributed by atoms with van der Waals surface area (Å²) in [6, 6.07) is 0. The highest BCUT2D eigenvalue weighted by Crippen LogP contribution is 2.23. The van der Waals surface area contributed by atoms with Crippen molar-refractivity contribution in [2.75, 3.05) is 46.4 Å². The molecule has 0 aromatic heterocycles. The molecule has 32 heavy (non-hydrogen) atoms. The molecule has 2 rings (SSSR count). The number of nitrogens with one attached hydrogen (secondary N) is 4. The smallest absolute Gasteiger partial charge is 0.242 e. The average Bonchev–Trinajstić information content (AvgIpc) is 2.85. The summed E-state index contributed by atoms with van der Waals surface area (Å²) in [7, 11) is 1.57. The van der Waals surface area contributed by atoms with E-state index in [2.05, 4.69) is 41.9 Å². The second-order valence-corrected chi connectivity index (χ2v) is 8.29. The first-order valence-corrected chi connectivity index (χ1v) is 12.2. The van der Waals surface area contributed by atoms with Gasteiger partial charge in [0.1, 0.15) is 0 Å². The summed E-state index contributed by atoms with van der Waals surface area (Å²) in [6.45, 7) is 14.4. The van der Waals surface area contributed by atoms with Crippen LogP contribution in [0.5, 0.6) is 0 Å². The standard InChI is InChI=1S/C20H36N6O2.C4H10/c1-4-18(25-28-3)20(23-14-17-8-6-5-7-9-17)24-16(2)22-15-19(27)26-12-10-21-11-13-26;1-3-4-2/h4,17,21-22,25H,2,5-15H2,1,3H3,(H,23,24);3-4H2,1-2H3/b18-4+;. The van der Waals surface area contributed by atoms with Crippen molar-refractivity contribution < 1.29 is 9.63 Å². The second kappa shape index (κ2) is 17.5. The Morgan fingerprint density at radius 3 is 2.41 bits per heavy atom. The number of hydrogen-bond donors (Lipinski definition) is 4. The van der Waals surface area contributed by atoms with Crippen LogP contribution in [0.15, 0.2) is 29.2 Å². The topological polar surface area (TPSA) is 90.0 Å². The number of rotatable bonds is 10. The number of hydroxylamine groups is 1. The number of carbonyl (C=O) groups excluding carboxylic acids is 1. The zero-order valence-electron chi connectivity index (χ0n) is 20.8. The maximum Gasteiger partial charge on any atom is 0.242 e. The molecule has 8 nitrogen and oxygen atoms in total. The highest BCUT2D eigenvalue weighted by Gasteiger charge is 2.17. The van der Waals surface area contributed by atoms with Gasteiger partial charge in [0.05, 0.1) is 25.2 Å². The summed E-state index contributed by atoms with van der Waals surface area (Å²) in [5.74, 6) is 1.92. The summed E-state index contributed by atoms with van der Waals surface area (Å²) >= 11 is 0. The van der Waals surface area contributed by atoms with Crippen LogP contribution in [0.4, 0.5) is 0 Å².